The molecule has 0 radical (unpaired) electrons. The van der Waals surface area contributed by atoms with Gasteiger partial charge in [0.05, 0.1) is 0 Å². The zero-order valence-electron chi connectivity index (χ0n) is 11.7. The van der Waals surface area contributed by atoms with Crippen LogP contribution in [-0.2, 0) is 12.8 Å². The Morgan fingerprint density at radius 3 is 2.40 bits per heavy atom. The van der Waals surface area contributed by atoms with Crippen molar-refractivity contribution in [1.82, 2.24) is 0 Å². The number of aliphatic hydroxyl groups is 1. The summed E-state index contributed by atoms with van der Waals surface area (Å²) in [6.45, 7) is 0.251. The molecule has 20 heavy (non-hydrogen) atoms. The largest absolute Gasteiger partial charge is 0.396 e. The Bertz CT molecular complexity index is 625. The maximum Gasteiger partial charge on any atom is 0.0434 e. The van der Waals surface area contributed by atoms with Gasteiger partial charge in [0.1, 0.15) is 0 Å². The van der Waals surface area contributed by atoms with Gasteiger partial charge in [-0.25, -0.2) is 0 Å². The molecule has 2 aromatic carbocycles. The predicted molar refractivity (Wildman–Crippen MR) is 84.5 cm³/mol. The summed E-state index contributed by atoms with van der Waals surface area (Å²) in [5, 5.41) is 9.14. The zero-order valence-corrected chi connectivity index (χ0v) is 11.7. The molecule has 0 aromatic heterocycles. The molecule has 0 saturated carbocycles. The van der Waals surface area contributed by atoms with Crippen molar-refractivity contribution in [2.45, 2.75) is 25.7 Å². The predicted octanol–water partition coefficient (Wildman–Crippen LogP) is 4.10. The topological polar surface area (TPSA) is 20.2 Å². The fraction of sp³-hybridized carbons (Fsp3) is 0.263. The molecule has 0 spiro atoms. The molecule has 0 atom stereocenters. The lowest BCUT2D eigenvalue weighted by atomic mass is 9.87. The first-order valence-electron chi connectivity index (χ1n) is 7.36. The van der Waals surface area contributed by atoms with Crippen molar-refractivity contribution in [2.75, 3.05) is 6.61 Å². The van der Waals surface area contributed by atoms with Gasteiger partial charge in [0.25, 0.3) is 0 Å². The molecule has 0 unspecified atom stereocenters. The summed E-state index contributed by atoms with van der Waals surface area (Å²) in [4.78, 5) is 0. The van der Waals surface area contributed by atoms with Crippen molar-refractivity contribution in [2.24, 2.45) is 0 Å². The van der Waals surface area contributed by atoms with Crippen LogP contribution in [0.4, 0.5) is 0 Å². The highest BCUT2D eigenvalue weighted by Gasteiger charge is 2.12. The van der Waals surface area contributed by atoms with E-state index in [1.807, 2.05) is 0 Å². The fourth-order valence-electron chi connectivity index (χ4n) is 2.97. The van der Waals surface area contributed by atoms with Crippen LogP contribution in [-0.4, -0.2) is 11.7 Å². The summed E-state index contributed by atoms with van der Waals surface area (Å²) in [7, 11) is 0. The standard InChI is InChI=1S/C19H20O/c20-13-5-9-18-14-17-8-2-1-6-15(17)11-12-16-7-3-4-10-19(16)18/h1-4,6-8,10,14,20H,5,9,11-13H2. The summed E-state index contributed by atoms with van der Waals surface area (Å²) in [5.41, 5.74) is 6.88. The molecule has 0 aliphatic heterocycles. The summed E-state index contributed by atoms with van der Waals surface area (Å²) in [6, 6.07) is 17.3. The van der Waals surface area contributed by atoms with Gasteiger partial charge in [0, 0.05) is 6.61 Å². The van der Waals surface area contributed by atoms with Gasteiger partial charge in [0.2, 0.25) is 0 Å². The van der Waals surface area contributed by atoms with Crippen molar-refractivity contribution in [3.05, 3.63) is 70.8 Å². The highest BCUT2D eigenvalue weighted by atomic mass is 16.2. The van der Waals surface area contributed by atoms with Gasteiger partial charge in [-0.1, -0.05) is 54.6 Å². The number of benzene rings is 2. The van der Waals surface area contributed by atoms with E-state index in [-0.39, 0.29) is 6.61 Å². The van der Waals surface area contributed by atoms with Crippen molar-refractivity contribution in [3.8, 4) is 0 Å². The van der Waals surface area contributed by atoms with Crippen LogP contribution in [0.2, 0.25) is 0 Å². The average Bonchev–Trinajstić information content (AvgIpc) is 2.48. The first-order chi connectivity index (χ1) is 9.88. The SMILES string of the molecule is OCCCC1=Cc2ccccc2CCc2ccccc21. The van der Waals surface area contributed by atoms with E-state index in [9.17, 15) is 0 Å². The monoisotopic (exact) mass is 264 g/mol. The van der Waals surface area contributed by atoms with Gasteiger partial charge in [0.15, 0.2) is 0 Å². The number of rotatable bonds is 3. The van der Waals surface area contributed by atoms with E-state index in [0.717, 1.165) is 25.7 Å². The van der Waals surface area contributed by atoms with Crippen LogP contribution in [0.5, 0.6) is 0 Å². The molecule has 102 valence electrons. The molecule has 0 amide bonds. The van der Waals surface area contributed by atoms with E-state index >= 15 is 0 Å². The van der Waals surface area contributed by atoms with E-state index in [1.165, 1.54) is 27.8 Å². The van der Waals surface area contributed by atoms with Gasteiger partial charge in [-0.2, -0.15) is 0 Å². The number of fused-ring (bicyclic) bond motifs is 2. The van der Waals surface area contributed by atoms with Crippen LogP contribution in [0.3, 0.4) is 0 Å². The van der Waals surface area contributed by atoms with E-state index in [2.05, 4.69) is 54.6 Å². The molecule has 1 heteroatoms. The second kappa shape index (κ2) is 6.06. The minimum absolute atomic E-state index is 0.251. The minimum Gasteiger partial charge on any atom is -0.396 e. The third-order valence-corrected chi connectivity index (χ3v) is 4.02. The van der Waals surface area contributed by atoms with E-state index < -0.39 is 0 Å². The Hall–Kier alpha value is -1.86. The highest BCUT2D eigenvalue weighted by Crippen LogP contribution is 2.30. The fourth-order valence-corrected chi connectivity index (χ4v) is 2.97. The van der Waals surface area contributed by atoms with E-state index in [4.69, 9.17) is 5.11 Å². The van der Waals surface area contributed by atoms with Gasteiger partial charge in [-0.15, -0.1) is 0 Å². The quantitative estimate of drug-likeness (QED) is 0.885. The molecule has 0 fully saturated rings. The number of aliphatic hydroxyl groups excluding tert-OH is 1. The van der Waals surface area contributed by atoms with Crippen molar-refractivity contribution in [3.63, 3.8) is 0 Å². The summed E-state index contributed by atoms with van der Waals surface area (Å²) in [6.07, 6.45) is 6.24. The van der Waals surface area contributed by atoms with Crippen LogP contribution in [0.1, 0.15) is 35.1 Å². The first-order valence-corrected chi connectivity index (χ1v) is 7.36. The van der Waals surface area contributed by atoms with Crippen LogP contribution in [0, 0.1) is 0 Å². The van der Waals surface area contributed by atoms with Gasteiger partial charge in [-0.05, 0) is 53.5 Å². The summed E-state index contributed by atoms with van der Waals surface area (Å²) in [5.74, 6) is 0. The van der Waals surface area contributed by atoms with E-state index in [0.29, 0.717) is 0 Å². The lowest BCUT2D eigenvalue weighted by Crippen LogP contribution is -2.02. The molecule has 1 aliphatic carbocycles. The summed E-state index contributed by atoms with van der Waals surface area (Å²) >= 11 is 0. The molecule has 3 rings (SSSR count). The maximum atomic E-state index is 9.14. The van der Waals surface area contributed by atoms with Crippen LogP contribution in [0.15, 0.2) is 48.5 Å². The van der Waals surface area contributed by atoms with E-state index in [1.54, 1.807) is 0 Å². The Balaban J connectivity index is 2.10. The first kappa shape index (κ1) is 13.1. The number of hydrogen-bond donors (Lipinski definition) is 1. The zero-order chi connectivity index (χ0) is 13.8. The van der Waals surface area contributed by atoms with Crippen LogP contribution in [0.25, 0.3) is 11.6 Å². The lowest BCUT2D eigenvalue weighted by molar-refractivity contribution is 0.290. The van der Waals surface area contributed by atoms with Gasteiger partial charge in [-0.3, -0.25) is 0 Å². The molecular formula is C19H20O. The van der Waals surface area contributed by atoms with Crippen molar-refractivity contribution >= 4 is 11.6 Å². The molecule has 2 aromatic rings. The third-order valence-electron chi connectivity index (χ3n) is 4.02. The Morgan fingerprint density at radius 1 is 0.850 bits per heavy atom. The second-order valence-electron chi connectivity index (χ2n) is 5.35. The normalized spacial score (nSPS) is 13.8. The molecule has 0 saturated heterocycles. The number of hydrogen-bond acceptors (Lipinski definition) is 1. The molecule has 0 bridgehead atoms. The van der Waals surface area contributed by atoms with Gasteiger partial charge < -0.3 is 5.11 Å². The average molecular weight is 264 g/mol. The molecular weight excluding hydrogens is 244 g/mol. The molecule has 1 nitrogen and oxygen atoms in total. The van der Waals surface area contributed by atoms with Crippen molar-refractivity contribution < 1.29 is 5.11 Å². The second-order valence-corrected chi connectivity index (χ2v) is 5.35. The Morgan fingerprint density at radius 2 is 1.55 bits per heavy atom. The third kappa shape index (κ3) is 2.68. The smallest absolute Gasteiger partial charge is 0.0434 e. The van der Waals surface area contributed by atoms with Crippen LogP contribution < -0.4 is 0 Å². The highest BCUT2D eigenvalue weighted by molar-refractivity contribution is 5.84. The lowest BCUT2D eigenvalue weighted by Gasteiger charge is -2.18. The molecule has 1 N–H and O–H groups in total. The number of aryl methyl sites for hydroxylation is 2. The molecule has 0 heterocycles. The maximum absolute atomic E-state index is 9.14. The van der Waals surface area contributed by atoms with Gasteiger partial charge >= 0.3 is 0 Å². The van der Waals surface area contributed by atoms with Crippen LogP contribution >= 0.6 is 0 Å². The van der Waals surface area contributed by atoms with Crippen molar-refractivity contribution in [1.29, 1.82) is 0 Å². The number of allylic oxidation sites excluding steroid dienone is 1. The molecule has 1 aliphatic rings. The Kier molecular flexibility index (Phi) is 3.98. The summed E-state index contributed by atoms with van der Waals surface area (Å²) < 4.78 is 0. The minimum atomic E-state index is 0.251. The Labute approximate surface area is 120 Å².